The van der Waals surface area contributed by atoms with Gasteiger partial charge in [-0.1, -0.05) is 25.1 Å². The second-order valence-electron chi connectivity index (χ2n) is 6.71. The molecular formula is C18H21N3O. The van der Waals surface area contributed by atoms with Gasteiger partial charge in [0.2, 0.25) is 5.91 Å². The lowest BCUT2D eigenvalue weighted by Crippen LogP contribution is -2.14. The maximum absolute atomic E-state index is 12.2. The van der Waals surface area contributed by atoms with Crippen LogP contribution in [0.1, 0.15) is 48.1 Å². The number of rotatable bonds is 4. The molecule has 0 saturated heterocycles. The Bertz CT molecular complexity index is 719. The van der Waals surface area contributed by atoms with Gasteiger partial charge in [0.15, 0.2) is 5.82 Å². The maximum atomic E-state index is 12.2. The number of carbonyl (C=O) groups is 1. The Morgan fingerprint density at radius 2 is 2.14 bits per heavy atom. The predicted molar refractivity (Wildman–Crippen MR) is 85.9 cm³/mol. The number of H-pyrrole nitrogens is 1. The van der Waals surface area contributed by atoms with Gasteiger partial charge in [0.05, 0.1) is 6.42 Å². The number of benzene rings is 1. The van der Waals surface area contributed by atoms with E-state index in [2.05, 4.69) is 40.6 Å². The summed E-state index contributed by atoms with van der Waals surface area (Å²) in [5.41, 5.74) is 5.08. The maximum Gasteiger partial charge on any atom is 0.229 e. The van der Waals surface area contributed by atoms with E-state index >= 15 is 0 Å². The number of hydrogen-bond donors (Lipinski definition) is 2. The van der Waals surface area contributed by atoms with E-state index in [0.717, 1.165) is 23.6 Å². The molecule has 2 unspecified atom stereocenters. The standard InChI is InChI=1S/C18H21N3O/c1-11-7-15(11)16-10-17(21-20-16)19-18(22)9-12-5-6-13-3-2-4-14(13)8-12/h5-6,8,10-11,15H,2-4,7,9H2,1H3,(H2,19,20,21,22). The molecule has 22 heavy (non-hydrogen) atoms. The third kappa shape index (κ3) is 2.65. The molecule has 1 aromatic heterocycles. The molecule has 1 amide bonds. The highest BCUT2D eigenvalue weighted by Crippen LogP contribution is 2.46. The van der Waals surface area contributed by atoms with Crippen LogP contribution >= 0.6 is 0 Å². The Labute approximate surface area is 130 Å². The van der Waals surface area contributed by atoms with Crippen molar-refractivity contribution in [3.63, 3.8) is 0 Å². The molecule has 2 N–H and O–H groups in total. The van der Waals surface area contributed by atoms with Crippen molar-refractivity contribution in [3.05, 3.63) is 46.6 Å². The predicted octanol–water partition coefficient (Wildman–Crippen LogP) is 3.20. The lowest BCUT2D eigenvalue weighted by molar-refractivity contribution is -0.115. The number of anilines is 1. The van der Waals surface area contributed by atoms with Crippen LogP contribution in [0, 0.1) is 5.92 Å². The molecule has 114 valence electrons. The minimum absolute atomic E-state index is 0.000146. The van der Waals surface area contributed by atoms with Crippen molar-refractivity contribution in [1.29, 1.82) is 0 Å². The number of aromatic amines is 1. The van der Waals surface area contributed by atoms with Gasteiger partial charge in [0, 0.05) is 17.7 Å². The number of aryl methyl sites for hydroxylation is 2. The van der Waals surface area contributed by atoms with Gasteiger partial charge in [-0.2, -0.15) is 5.10 Å². The molecule has 0 radical (unpaired) electrons. The zero-order valence-electron chi connectivity index (χ0n) is 12.9. The Balaban J connectivity index is 1.39. The molecule has 0 spiro atoms. The molecule has 0 aliphatic heterocycles. The molecule has 2 aliphatic carbocycles. The van der Waals surface area contributed by atoms with Crippen LogP contribution in [0.2, 0.25) is 0 Å². The number of hydrogen-bond acceptors (Lipinski definition) is 2. The van der Waals surface area contributed by atoms with Crippen LogP contribution in [-0.4, -0.2) is 16.1 Å². The van der Waals surface area contributed by atoms with Gasteiger partial charge in [-0.3, -0.25) is 9.89 Å². The van der Waals surface area contributed by atoms with Crippen LogP contribution in [0.4, 0.5) is 5.82 Å². The lowest BCUT2D eigenvalue weighted by atomic mass is 10.0. The second kappa shape index (κ2) is 5.27. The zero-order chi connectivity index (χ0) is 15.1. The van der Waals surface area contributed by atoms with E-state index in [0.29, 0.717) is 18.2 Å². The first-order chi connectivity index (χ1) is 10.7. The number of nitrogens with one attached hydrogen (secondary N) is 2. The van der Waals surface area contributed by atoms with E-state index in [4.69, 9.17) is 0 Å². The quantitative estimate of drug-likeness (QED) is 0.910. The van der Waals surface area contributed by atoms with E-state index in [1.54, 1.807) is 0 Å². The molecule has 1 saturated carbocycles. The zero-order valence-corrected chi connectivity index (χ0v) is 12.9. The van der Waals surface area contributed by atoms with Gasteiger partial charge < -0.3 is 5.32 Å². The van der Waals surface area contributed by atoms with Crippen LogP contribution in [0.25, 0.3) is 0 Å². The first kappa shape index (κ1) is 13.6. The summed E-state index contributed by atoms with van der Waals surface area (Å²) >= 11 is 0. The fraction of sp³-hybridized carbons (Fsp3) is 0.444. The minimum atomic E-state index is -0.000146. The topological polar surface area (TPSA) is 57.8 Å². The molecule has 4 nitrogen and oxygen atoms in total. The van der Waals surface area contributed by atoms with Crippen LogP contribution in [-0.2, 0) is 24.1 Å². The lowest BCUT2D eigenvalue weighted by Gasteiger charge is -2.05. The summed E-state index contributed by atoms with van der Waals surface area (Å²) in [7, 11) is 0. The highest BCUT2D eigenvalue weighted by Gasteiger charge is 2.35. The summed E-state index contributed by atoms with van der Waals surface area (Å²) in [6.07, 6.45) is 5.19. The fourth-order valence-corrected chi connectivity index (χ4v) is 3.45. The van der Waals surface area contributed by atoms with Crippen LogP contribution < -0.4 is 5.32 Å². The first-order valence-corrected chi connectivity index (χ1v) is 8.15. The van der Waals surface area contributed by atoms with E-state index in [1.807, 2.05) is 6.07 Å². The van der Waals surface area contributed by atoms with Crippen molar-refractivity contribution in [2.45, 2.75) is 44.9 Å². The molecule has 2 aliphatic rings. The van der Waals surface area contributed by atoms with E-state index in [9.17, 15) is 4.79 Å². The average Bonchev–Trinajstić information content (AvgIpc) is 2.92. The van der Waals surface area contributed by atoms with Crippen molar-refractivity contribution in [1.82, 2.24) is 10.2 Å². The summed E-state index contributed by atoms with van der Waals surface area (Å²) in [5.74, 6) is 1.96. The smallest absolute Gasteiger partial charge is 0.229 e. The largest absolute Gasteiger partial charge is 0.309 e. The highest BCUT2D eigenvalue weighted by atomic mass is 16.1. The Morgan fingerprint density at radius 1 is 1.32 bits per heavy atom. The second-order valence-corrected chi connectivity index (χ2v) is 6.71. The van der Waals surface area contributed by atoms with Crippen molar-refractivity contribution >= 4 is 11.7 Å². The van der Waals surface area contributed by atoms with E-state index in [-0.39, 0.29) is 5.91 Å². The normalized spacial score (nSPS) is 22.4. The molecule has 2 atom stereocenters. The van der Waals surface area contributed by atoms with Crippen molar-refractivity contribution in [2.75, 3.05) is 5.32 Å². The molecule has 0 bridgehead atoms. The SMILES string of the molecule is CC1CC1c1cc(NC(=O)Cc2ccc3c(c2)CCC3)n[nH]1. The summed E-state index contributed by atoms with van der Waals surface area (Å²) in [6.45, 7) is 2.23. The molecule has 4 heteroatoms. The summed E-state index contributed by atoms with van der Waals surface area (Å²) in [6, 6.07) is 8.40. The third-order valence-electron chi connectivity index (χ3n) is 4.90. The number of nitrogens with zero attached hydrogens (tertiary/aromatic N) is 1. The Hall–Kier alpha value is -2.10. The van der Waals surface area contributed by atoms with Gasteiger partial charge in [-0.05, 0) is 48.3 Å². The minimum Gasteiger partial charge on any atom is -0.309 e. The van der Waals surface area contributed by atoms with Gasteiger partial charge in [-0.25, -0.2) is 0 Å². The summed E-state index contributed by atoms with van der Waals surface area (Å²) in [4.78, 5) is 12.2. The molecule has 1 aromatic carbocycles. The number of amides is 1. The molecule has 1 fully saturated rings. The van der Waals surface area contributed by atoms with Crippen LogP contribution in [0.5, 0.6) is 0 Å². The summed E-state index contributed by atoms with van der Waals surface area (Å²) < 4.78 is 0. The van der Waals surface area contributed by atoms with Crippen LogP contribution in [0.15, 0.2) is 24.3 Å². The fourth-order valence-electron chi connectivity index (χ4n) is 3.45. The van der Waals surface area contributed by atoms with Gasteiger partial charge in [-0.15, -0.1) is 0 Å². The molecular weight excluding hydrogens is 274 g/mol. The number of fused-ring (bicyclic) bond motifs is 1. The molecule has 1 heterocycles. The first-order valence-electron chi connectivity index (χ1n) is 8.15. The number of aromatic nitrogens is 2. The number of carbonyl (C=O) groups excluding carboxylic acids is 1. The summed E-state index contributed by atoms with van der Waals surface area (Å²) in [5, 5.41) is 10.1. The highest BCUT2D eigenvalue weighted by molar-refractivity contribution is 5.91. The molecule has 2 aromatic rings. The van der Waals surface area contributed by atoms with Gasteiger partial charge in [0.1, 0.15) is 0 Å². The van der Waals surface area contributed by atoms with E-state index in [1.165, 1.54) is 30.4 Å². The van der Waals surface area contributed by atoms with Gasteiger partial charge >= 0.3 is 0 Å². The monoisotopic (exact) mass is 295 g/mol. The Kier molecular flexibility index (Phi) is 3.25. The van der Waals surface area contributed by atoms with Gasteiger partial charge in [0.25, 0.3) is 0 Å². The van der Waals surface area contributed by atoms with E-state index < -0.39 is 0 Å². The third-order valence-corrected chi connectivity index (χ3v) is 4.90. The molecule has 4 rings (SSSR count). The van der Waals surface area contributed by atoms with Crippen molar-refractivity contribution in [2.24, 2.45) is 5.92 Å². The average molecular weight is 295 g/mol. The van der Waals surface area contributed by atoms with Crippen molar-refractivity contribution < 1.29 is 4.79 Å². The van der Waals surface area contributed by atoms with Crippen LogP contribution in [0.3, 0.4) is 0 Å². The van der Waals surface area contributed by atoms with Crippen molar-refractivity contribution in [3.8, 4) is 0 Å². The Morgan fingerprint density at radius 3 is 2.95 bits per heavy atom.